The number of hydrogen-bond acceptors (Lipinski definition) is 2. The maximum Gasteiger partial charge on any atom is 0.248 e. The standard InChI is InChI=1S/C12H23NO2/c1-4-11(12(14)13-3)15-10-7-5-6-9(2)8-10/h9-11H,4-8H2,1-3H3,(H,13,14)/t9-,10+,11+/m1/s1. The molecule has 1 fully saturated rings. The summed E-state index contributed by atoms with van der Waals surface area (Å²) in [7, 11) is 1.66. The zero-order valence-electron chi connectivity index (χ0n) is 10.1. The van der Waals surface area contributed by atoms with Gasteiger partial charge in [-0.2, -0.15) is 0 Å². The van der Waals surface area contributed by atoms with Gasteiger partial charge < -0.3 is 10.1 Å². The van der Waals surface area contributed by atoms with Gasteiger partial charge >= 0.3 is 0 Å². The summed E-state index contributed by atoms with van der Waals surface area (Å²) in [5, 5.41) is 2.65. The average Bonchev–Trinajstić information content (AvgIpc) is 2.25. The van der Waals surface area contributed by atoms with Gasteiger partial charge in [-0.3, -0.25) is 4.79 Å². The Morgan fingerprint density at radius 3 is 2.80 bits per heavy atom. The molecule has 88 valence electrons. The Kier molecular flexibility index (Phi) is 5.09. The van der Waals surface area contributed by atoms with Crippen LogP contribution in [0.1, 0.15) is 46.0 Å². The van der Waals surface area contributed by atoms with Crippen molar-refractivity contribution in [3.8, 4) is 0 Å². The summed E-state index contributed by atoms with van der Waals surface area (Å²) in [6.45, 7) is 4.25. The van der Waals surface area contributed by atoms with Crippen molar-refractivity contribution in [3.05, 3.63) is 0 Å². The minimum Gasteiger partial charge on any atom is -0.365 e. The van der Waals surface area contributed by atoms with Gasteiger partial charge in [-0.05, 0) is 25.2 Å². The van der Waals surface area contributed by atoms with Crippen LogP contribution in [0.4, 0.5) is 0 Å². The van der Waals surface area contributed by atoms with Crippen molar-refractivity contribution in [2.24, 2.45) is 5.92 Å². The molecule has 0 aromatic carbocycles. The van der Waals surface area contributed by atoms with E-state index in [0.29, 0.717) is 0 Å². The third-order valence-electron chi connectivity index (χ3n) is 3.15. The molecule has 0 unspecified atom stereocenters. The monoisotopic (exact) mass is 213 g/mol. The molecule has 1 aliphatic rings. The van der Waals surface area contributed by atoms with Crippen molar-refractivity contribution in [1.82, 2.24) is 5.32 Å². The largest absolute Gasteiger partial charge is 0.365 e. The SMILES string of the molecule is CC[C@H](O[C@H]1CCC[C@@H](C)C1)C(=O)NC. The summed E-state index contributed by atoms with van der Waals surface area (Å²) in [6, 6.07) is 0. The molecule has 0 bridgehead atoms. The molecule has 0 radical (unpaired) electrons. The van der Waals surface area contributed by atoms with Crippen LogP contribution in [0.25, 0.3) is 0 Å². The predicted molar refractivity (Wildman–Crippen MR) is 60.7 cm³/mol. The highest BCUT2D eigenvalue weighted by atomic mass is 16.5. The molecule has 0 heterocycles. The van der Waals surface area contributed by atoms with E-state index in [9.17, 15) is 4.79 Å². The number of ether oxygens (including phenoxy) is 1. The Morgan fingerprint density at radius 1 is 1.53 bits per heavy atom. The first kappa shape index (κ1) is 12.5. The van der Waals surface area contributed by atoms with Crippen LogP contribution in [0, 0.1) is 5.92 Å². The summed E-state index contributed by atoms with van der Waals surface area (Å²) >= 11 is 0. The highest BCUT2D eigenvalue weighted by molar-refractivity contribution is 5.80. The summed E-state index contributed by atoms with van der Waals surface area (Å²) in [6.07, 6.45) is 5.53. The predicted octanol–water partition coefficient (Wildman–Crippen LogP) is 2.11. The third-order valence-corrected chi connectivity index (χ3v) is 3.15. The quantitative estimate of drug-likeness (QED) is 0.776. The van der Waals surface area contributed by atoms with Crippen LogP contribution >= 0.6 is 0 Å². The van der Waals surface area contributed by atoms with Gasteiger partial charge in [0.1, 0.15) is 6.10 Å². The van der Waals surface area contributed by atoms with E-state index in [4.69, 9.17) is 4.74 Å². The molecule has 0 aromatic rings. The summed E-state index contributed by atoms with van der Waals surface area (Å²) in [5.41, 5.74) is 0. The minimum atomic E-state index is -0.259. The fraction of sp³-hybridized carbons (Fsp3) is 0.917. The van der Waals surface area contributed by atoms with Crippen molar-refractivity contribution in [3.63, 3.8) is 0 Å². The van der Waals surface area contributed by atoms with E-state index in [0.717, 1.165) is 25.2 Å². The molecule has 0 aromatic heterocycles. The zero-order chi connectivity index (χ0) is 11.3. The number of nitrogens with one attached hydrogen (secondary N) is 1. The van der Waals surface area contributed by atoms with Crippen molar-refractivity contribution in [2.75, 3.05) is 7.05 Å². The Bertz CT molecular complexity index is 206. The van der Waals surface area contributed by atoms with Gasteiger partial charge in [-0.1, -0.05) is 26.7 Å². The number of hydrogen-bond donors (Lipinski definition) is 1. The normalized spacial score (nSPS) is 28.5. The molecule has 0 spiro atoms. The Morgan fingerprint density at radius 2 is 2.27 bits per heavy atom. The van der Waals surface area contributed by atoms with Gasteiger partial charge in [0.15, 0.2) is 0 Å². The van der Waals surface area contributed by atoms with Crippen LogP contribution in [0.15, 0.2) is 0 Å². The van der Waals surface area contributed by atoms with Crippen molar-refractivity contribution < 1.29 is 9.53 Å². The first-order valence-electron chi connectivity index (χ1n) is 6.04. The molecule has 1 amide bonds. The topological polar surface area (TPSA) is 38.3 Å². The average molecular weight is 213 g/mol. The summed E-state index contributed by atoms with van der Waals surface area (Å²) < 4.78 is 5.85. The molecule has 3 nitrogen and oxygen atoms in total. The molecule has 0 saturated heterocycles. The van der Waals surface area contributed by atoms with Crippen LogP contribution in [-0.2, 0) is 9.53 Å². The molecule has 1 aliphatic carbocycles. The minimum absolute atomic E-state index is 0.00993. The molecule has 1 N–H and O–H groups in total. The second-order valence-electron chi connectivity index (χ2n) is 4.54. The third kappa shape index (κ3) is 3.82. The highest BCUT2D eigenvalue weighted by Crippen LogP contribution is 2.26. The van der Waals surface area contributed by atoms with E-state index in [1.807, 2.05) is 6.92 Å². The number of carbonyl (C=O) groups excluding carboxylic acids is 1. The lowest BCUT2D eigenvalue weighted by Crippen LogP contribution is -2.37. The van der Waals surface area contributed by atoms with E-state index >= 15 is 0 Å². The van der Waals surface area contributed by atoms with E-state index in [-0.39, 0.29) is 18.1 Å². The molecule has 0 aliphatic heterocycles. The zero-order valence-corrected chi connectivity index (χ0v) is 10.1. The van der Waals surface area contributed by atoms with Crippen LogP contribution in [-0.4, -0.2) is 25.2 Å². The van der Waals surface area contributed by atoms with E-state index < -0.39 is 0 Å². The number of carbonyl (C=O) groups is 1. The second-order valence-corrected chi connectivity index (χ2v) is 4.54. The van der Waals surface area contributed by atoms with Crippen LogP contribution in [0.2, 0.25) is 0 Å². The molecule has 3 heteroatoms. The van der Waals surface area contributed by atoms with Crippen molar-refractivity contribution >= 4 is 5.91 Å². The lowest BCUT2D eigenvalue weighted by atomic mass is 9.88. The van der Waals surface area contributed by atoms with Gasteiger partial charge in [0.2, 0.25) is 5.91 Å². The molecule has 1 saturated carbocycles. The van der Waals surface area contributed by atoms with E-state index in [2.05, 4.69) is 12.2 Å². The first-order valence-corrected chi connectivity index (χ1v) is 6.04. The number of likely N-dealkylation sites (N-methyl/N-ethyl adjacent to an activating group) is 1. The van der Waals surface area contributed by atoms with Crippen LogP contribution in [0.5, 0.6) is 0 Å². The Balaban J connectivity index is 2.40. The van der Waals surface area contributed by atoms with Crippen LogP contribution in [0.3, 0.4) is 0 Å². The molecule has 1 rings (SSSR count). The molecule has 3 atom stereocenters. The lowest BCUT2D eigenvalue weighted by Gasteiger charge is -2.29. The van der Waals surface area contributed by atoms with Crippen LogP contribution < -0.4 is 5.32 Å². The van der Waals surface area contributed by atoms with E-state index in [1.54, 1.807) is 7.05 Å². The van der Waals surface area contributed by atoms with E-state index in [1.165, 1.54) is 12.8 Å². The summed E-state index contributed by atoms with van der Waals surface area (Å²) in [5.74, 6) is 0.752. The van der Waals surface area contributed by atoms with Gasteiger partial charge in [-0.15, -0.1) is 0 Å². The van der Waals surface area contributed by atoms with Gasteiger partial charge in [-0.25, -0.2) is 0 Å². The molecular formula is C12H23NO2. The second kappa shape index (κ2) is 6.11. The smallest absolute Gasteiger partial charge is 0.248 e. The lowest BCUT2D eigenvalue weighted by molar-refractivity contribution is -0.138. The van der Waals surface area contributed by atoms with Gasteiger partial charge in [0, 0.05) is 7.05 Å². The molecule has 15 heavy (non-hydrogen) atoms. The number of amides is 1. The van der Waals surface area contributed by atoms with Gasteiger partial charge in [0.05, 0.1) is 6.10 Å². The Hall–Kier alpha value is -0.570. The van der Waals surface area contributed by atoms with Crippen molar-refractivity contribution in [1.29, 1.82) is 0 Å². The van der Waals surface area contributed by atoms with Crippen molar-refractivity contribution in [2.45, 2.75) is 58.2 Å². The Labute approximate surface area is 92.6 Å². The fourth-order valence-corrected chi connectivity index (χ4v) is 2.24. The maximum atomic E-state index is 11.5. The maximum absolute atomic E-state index is 11.5. The highest BCUT2D eigenvalue weighted by Gasteiger charge is 2.24. The fourth-order valence-electron chi connectivity index (χ4n) is 2.24. The first-order chi connectivity index (χ1) is 7.17. The summed E-state index contributed by atoms with van der Waals surface area (Å²) in [4.78, 5) is 11.5. The van der Waals surface area contributed by atoms with Gasteiger partial charge in [0.25, 0.3) is 0 Å². The molecular weight excluding hydrogens is 190 g/mol. The number of rotatable bonds is 4.